The zero-order valence-electron chi connectivity index (χ0n) is 17.9. The van der Waals surface area contributed by atoms with Crippen LogP contribution in [-0.2, 0) is 11.3 Å². The van der Waals surface area contributed by atoms with Crippen molar-refractivity contribution in [3.63, 3.8) is 0 Å². The highest BCUT2D eigenvalue weighted by Gasteiger charge is 2.21. The van der Waals surface area contributed by atoms with Gasteiger partial charge >= 0.3 is 0 Å². The van der Waals surface area contributed by atoms with Crippen molar-refractivity contribution in [1.82, 2.24) is 9.80 Å². The lowest BCUT2D eigenvalue weighted by molar-refractivity contribution is -0.132. The number of nitrogens with zero attached hydrogens (tertiary/aromatic N) is 2. The highest BCUT2D eigenvalue weighted by Crippen LogP contribution is 2.26. The molecule has 0 bridgehead atoms. The van der Waals surface area contributed by atoms with Crippen LogP contribution in [0.3, 0.4) is 0 Å². The molecule has 0 aliphatic carbocycles. The summed E-state index contributed by atoms with van der Waals surface area (Å²) >= 11 is 1.70. The van der Waals surface area contributed by atoms with Gasteiger partial charge in [0.1, 0.15) is 17.2 Å². The van der Waals surface area contributed by atoms with Crippen LogP contribution in [-0.4, -0.2) is 69.0 Å². The maximum absolute atomic E-state index is 12.6. The molecule has 0 radical (unpaired) electrons. The summed E-state index contributed by atoms with van der Waals surface area (Å²) in [4.78, 5) is 18.1. The van der Waals surface area contributed by atoms with Gasteiger partial charge in [-0.05, 0) is 42.5 Å². The predicted octanol–water partition coefficient (Wildman–Crippen LogP) is 3.54. The summed E-state index contributed by atoms with van der Waals surface area (Å²) in [7, 11) is 5.02. The van der Waals surface area contributed by atoms with Crippen molar-refractivity contribution in [2.75, 3.05) is 53.3 Å². The average molecular weight is 431 g/mol. The summed E-state index contributed by atoms with van der Waals surface area (Å²) in [6, 6.07) is 13.8. The van der Waals surface area contributed by atoms with E-state index in [2.05, 4.69) is 4.90 Å². The summed E-state index contributed by atoms with van der Waals surface area (Å²) in [5.41, 5.74) is 1.10. The second-order valence-electron chi connectivity index (χ2n) is 7.11. The number of piperazine rings is 1. The number of hydrogen-bond donors (Lipinski definition) is 0. The molecule has 0 unspecified atom stereocenters. The highest BCUT2D eigenvalue weighted by molar-refractivity contribution is 7.99. The fourth-order valence-corrected chi connectivity index (χ4v) is 4.33. The van der Waals surface area contributed by atoms with Gasteiger partial charge in [0.2, 0.25) is 5.91 Å². The van der Waals surface area contributed by atoms with E-state index < -0.39 is 0 Å². The van der Waals surface area contributed by atoms with Crippen molar-refractivity contribution < 1.29 is 19.0 Å². The molecule has 162 valence electrons. The maximum atomic E-state index is 12.6. The van der Waals surface area contributed by atoms with Gasteiger partial charge in [0.15, 0.2) is 0 Å². The minimum Gasteiger partial charge on any atom is -0.497 e. The second kappa shape index (κ2) is 11.1. The molecule has 1 aliphatic heterocycles. The maximum Gasteiger partial charge on any atom is 0.223 e. The fourth-order valence-electron chi connectivity index (χ4n) is 3.49. The Labute approximate surface area is 183 Å². The first kappa shape index (κ1) is 22.3. The summed E-state index contributed by atoms with van der Waals surface area (Å²) < 4.78 is 16.0. The number of amides is 1. The molecule has 0 N–H and O–H groups in total. The van der Waals surface area contributed by atoms with Gasteiger partial charge in [-0.15, -0.1) is 11.8 Å². The Balaban J connectivity index is 1.43. The van der Waals surface area contributed by atoms with Crippen LogP contribution in [0.5, 0.6) is 17.2 Å². The topological polar surface area (TPSA) is 51.2 Å². The van der Waals surface area contributed by atoms with Crippen LogP contribution < -0.4 is 14.2 Å². The van der Waals surface area contributed by atoms with E-state index in [9.17, 15) is 4.79 Å². The third kappa shape index (κ3) is 6.06. The number of ether oxygens (including phenoxy) is 3. The van der Waals surface area contributed by atoms with Gasteiger partial charge < -0.3 is 19.1 Å². The van der Waals surface area contributed by atoms with Gasteiger partial charge in [0, 0.05) is 55.4 Å². The number of hydrogen-bond acceptors (Lipinski definition) is 6. The fraction of sp³-hybridized carbons (Fsp3) is 0.435. The molecule has 1 amide bonds. The first-order chi connectivity index (χ1) is 14.6. The van der Waals surface area contributed by atoms with Crippen molar-refractivity contribution in [1.29, 1.82) is 0 Å². The smallest absolute Gasteiger partial charge is 0.223 e. The van der Waals surface area contributed by atoms with E-state index in [1.165, 1.54) is 0 Å². The standard InChI is InChI=1S/C23H30N2O4S/c1-27-19-4-7-21(8-5-19)30-15-10-23(26)25-13-11-24(12-14-25)17-18-16-20(28-2)6-9-22(18)29-3/h4-9,16H,10-15,17H2,1-3H3. The Morgan fingerprint density at radius 2 is 1.57 bits per heavy atom. The molecular weight excluding hydrogens is 400 g/mol. The van der Waals surface area contributed by atoms with E-state index in [0.29, 0.717) is 6.42 Å². The number of carbonyl (C=O) groups is 1. The van der Waals surface area contributed by atoms with E-state index in [4.69, 9.17) is 14.2 Å². The van der Waals surface area contributed by atoms with Crippen LogP contribution in [0.1, 0.15) is 12.0 Å². The predicted molar refractivity (Wildman–Crippen MR) is 120 cm³/mol. The molecule has 2 aromatic rings. The largest absolute Gasteiger partial charge is 0.497 e. The Bertz CT molecular complexity index is 820. The Kier molecular flexibility index (Phi) is 8.28. The van der Waals surface area contributed by atoms with E-state index >= 15 is 0 Å². The zero-order chi connectivity index (χ0) is 21.3. The Hall–Kier alpha value is -2.38. The van der Waals surface area contributed by atoms with Gasteiger partial charge in [-0.2, -0.15) is 0 Å². The molecule has 2 aromatic carbocycles. The molecular formula is C23H30N2O4S. The molecule has 3 rings (SSSR count). The zero-order valence-corrected chi connectivity index (χ0v) is 18.7. The van der Waals surface area contributed by atoms with Crippen molar-refractivity contribution in [2.45, 2.75) is 17.9 Å². The normalized spacial score (nSPS) is 14.4. The molecule has 0 aromatic heterocycles. The van der Waals surface area contributed by atoms with Crippen LogP contribution in [0.25, 0.3) is 0 Å². The summed E-state index contributed by atoms with van der Waals surface area (Å²) in [5, 5.41) is 0. The lowest BCUT2D eigenvalue weighted by Crippen LogP contribution is -2.48. The summed E-state index contributed by atoms with van der Waals surface area (Å²) in [6.07, 6.45) is 0.556. The lowest BCUT2D eigenvalue weighted by atomic mass is 10.1. The van der Waals surface area contributed by atoms with Crippen molar-refractivity contribution >= 4 is 17.7 Å². The van der Waals surface area contributed by atoms with Crippen molar-refractivity contribution in [3.05, 3.63) is 48.0 Å². The lowest BCUT2D eigenvalue weighted by Gasteiger charge is -2.35. The second-order valence-corrected chi connectivity index (χ2v) is 8.28. The van der Waals surface area contributed by atoms with E-state index in [1.807, 2.05) is 47.4 Å². The van der Waals surface area contributed by atoms with Gasteiger partial charge in [-0.25, -0.2) is 0 Å². The SMILES string of the molecule is COc1ccc(SCCC(=O)N2CCN(Cc3cc(OC)ccc3OC)CC2)cc1. The van der Waals surface area contributed by atoms with Crippen molar-refractivity contribution in [2.24, 2.45) is 0 Å². The van der Waals surface area contributed by atoms with Crippen LogP contribution in [0, 0.1) is 0 Å². The molecule has 1 fully saturated rings. The Morgan fingerprint density at radius 3 is 2.20 bits per heavy atom. The van der Waals surface area contributed by atoms with Gasteiger partial charge in [0.05, 0.1) is 21.3 Å². The van der Waals surface area contributed by atoms with Gasteiger partial charge in [-0.3, -0.25) is 9.69 Å². The summed E-state index contributed by atoms with van der Waals surface area (Å²) in [6.45, 7) is 4.03. The van der Waals surface area contributed by atoms with Crippen LogP contribution in [0.15, 0.2) is 47.4 Å². The molecule has 6 nitrogen and oxygen atoms in total. The molecule has 0 saturated carbocycles. The average Bonchev–Trinajstić information content (AvgIpc) is 2.80. The third-order valence-corrected chi connectivity index (χ3v) is 6.26. The number of rotatable bonds is 9. The van der Waals surface area contributed by atoms with Crippen molar-refractivity contribution in [3.8, 4) is 17.2 Å². The molecule has 7 heteroatoms. The number of thioether (sulfide) groups is 1. The number of methoxy groups -OCH3 is 3. The molecule has 1 heterocycles. The van der Waals surface area contributed by atoms with Gasteiger partial charge in [0.25, 0.3) is 0 Å². The monoisotopic (exact) mass is 430 g/mol. The highest BCUT2D eigenvalue weighted by atomic mass is 32.2. The molecule has 1 aliphatic rings. The first-order valence-corrected chi connectivity index (χ1v) is 11.1. The molecule has 30 heavy (non-hydrogen) atoms. The number of benzene rings is 2. The minimum absolute atomic E-state index is 0.231. The molecule has 1 saturated heterocycles. The van der Waals surface area contributed by atoms with Crippen LogP contribution in [0.2, 0.25) is 0 Å². The van der Waals surface area contributed by atoms with Crippen LogP contribution >= 0.6 is 11.8 Å². The van der Waals surface area contributed by atoms with E-state index in [-0.39, 0.29) is 5.91 Å². The third-order valence-electron chi connectivity index (χ3n) is 5.25. The van der Waals surface area contributed by atoms with E-state index in [1.54, 1.807) is 33.1 Å². The van der Waals surface area contributed by atoms with Gasteiger partial charge in [-0.1, -0.05) is 0 Å². The molecule has 0 atom stereocenters. The minimum atomic E-state index is 0.231. The molecule has 0 spiro atoms. The van der Waals surface area contributed by atoms with E-state index in [0.717, 1.165) is 66.2 Å². The quantitative estimate of drug-likeness (QED) is 0.567. The first-order valence-electron chi connectivity index (χ1n) is 10.1. The summed E-state index contributed by atoms with van der Waals surface area (Å²) in [5.74, 6) is 3.56. The van der Waals surface area contributed by atoms with Crippen LogP contribution in [0.4, 0.5) is 0 Å². The Morgan fingerprint density at radius 1 is 0.900 bits per heavy atom. The number of carbonyl (C=O) groups excluding carboxylic acids is 1.